The van der Waals surface area contributed by atoms with Crippen molar-refractivity contribution in [2.75, 3.05) is 17.4 Å². The van der Waals surface area contributed by atoms with Crippen molar-refractivity contribution in [3.05, 3.63) is 54.1 Å². The Morgan fingerprint density at radius 3 is 2.39 bits per heavy atom. The van der Waals surface area contributed by atoms with Crippen molar-refractivity contribution in [2.24, 2.45) is 0 Å². The molecule has 2 aromatic carbocycles. The zero-order chi connectivity index (χ0) is 22.8. The normalized spacial score (nSPS) is 16.1. The van der Waals surface area contributed by atoms with E-state index in [1.54, 1.807) is 36.4 Å². The van der Waals surface area contributed by atoms with E-state index in [2.05, 4.69) is 0 Å². The molecule has 9 nitrogen and oxygen atoms in total. The Labute approximate surface area is 182 Å². The maximum absolute atomic E-state index is 12.9. The molecule has 1 heterocycles. The Morgan fingerprint density at radius 1 is 1.16 bits per heavy atom. The number of hydrogen-bond donors (Lipinski definition) is 2. The first-order valence-electron chi connectivity index (χ1n) is 9.74. The lowest BCUT2D eigenvalue weighted by molar-refractivity contribution is -0.117. The number of aromatic hydroxyl groups is 1. The number of amides is 1. The van der Waals surface area contributed by atoms with Crippen LogP contribution in [0.5, 0.6) is 5.75 Å². The van der Waals surface area contributed by atoms with Crippen molar-refractivity contribution in [3.63, 3.8) is 0 Å². The summed E-state index contributed by atoms with van der Waals surface area (Å²) < 4.78 is 53.9. The van der Waals surface area contributed by atoms with Crippen LogP contribution in [0.3, 0.4) is 0 Å². The molecule has 0 bridgehead atoms. The summed E-state index contributed by atoms with van der Waals surface area (Å²) in [5.41, 5.74) is 0.732. The Morgan fingerprint density at radius 2 is 1.84 bits per heavy atom. The third-order valence-electron chi connectivity index (χ3n) is 4.90. The fourth-order valence-electron chi connectivity index (χ4n) is 3.42. The molecule has 1 aliphatic heterocycles. The predicted octanol–water partition coefficient (Wildman–Crippen LogP) is 1.61. The standard InChI is InChI=1S/C20H25N3O6S2/c1-15(2)22(30(26,27)17-8-4-3-5-9-17)12-6-7-16-10-11-18(19(24)13-16)23-14-20(25)21-31(23,28)29/h3-5,8-11,13,15,24H,6-7,12,14H2,1-2H3,(H,21,25). The highest BCUT2D eigenvalue weighted by Gasteiger charge is 2.35. The summed E-state index contributed by atoms with van der Waals surface area (Å²) >= 11 is 0. The Bertz CT molecular complexity index is 1160. The molecule has 3 rings (SSSR count). The Kier molecular flexibility index (Phi) is 6.58. The first-order chi connectivity index (χ1) is 14.5. The molecule has 1 saturated heterocycles. The van der Waals surface area contributed by atoms with Gasteiger partial charge in [-0.1, -0.05) is 24.3 Å². The van der Waals surface area contributed by atoms with Crippen molar-refractivity contribution < 1.29 is 26.7 Å². The van der Waals surface area contributed by atoms with Gasteiger partial charge in [-0.05, 0) is 56.5 Å². The van der Waals surface area contributed by atoms with Gasteiger partial charge in [0.2, 0.25) is 10.0 Å². The second-order valence-corrected chi connectivity index (χ2v) is 11.0. The fourth-order valence-corrected chi connectivity index (χ4v) is 6.28. The minimum atomic E-state index is -4.00. The van der Waals surface area contributed by atoms with Gasteiger partial charge in [0.25, 0.3) is 5.91 Å². The third kappa shape index (κ3) is 5.00. The highest BCUT2D eigenvalue weighted by Crippen LogP contribution is 2.31. The SMILES string of the molecule is CC(C)N(CCCc1ccc(N2CC(=O)NS2(=O)=O)c(O)c1)S(=O)(=O)c1ccccc1. The van der Waals surface area contributed by atoms with Crippen molar-refractivity contribution in [2.45, 2.75) is 37.6 Å². The van der Waals surface area contributed by atoms with Gasteiger partial charge in [0, 0.05) is 12.6 Å². The average molecular weight is 468 g/mol. The maximum Gasteiger partial charge on any atom is 0.326 e. The summed E-state index contributed by atoms with van der Waals surface area (Å²) in [5.74, 6) is -0.938. The van der Waals surface area contributed by atoms with Gasteiger partial charge < -0.3 is 5.11 Å². The van der Waals surface area contributed by atoms with Crippen LogP contribution in [-0.2, 0) is 31.4 Å². The minimum absolute atomic E-state index is 0.0116. The van der Waals surface area contributed by atoms with Crippen LogP contribution < -0.4 is 9.03 Å². The summed E-state index contributed by atoms with van der Waals surface area (Å²) in [6, 6.07) is 12.5. The monoisotopic (exact) mass is 467 g/mol. The zero-order valence-corrected chi connectivity index (χ0v) is 18.9. The van der Waals surface area contributed by atoms with E-state index in [9.17, 15) is 26.7 Å². The molecule has 31 heavy (non-hydrogen) atoms. The third-order valence-corrected chi connectivity index (χ3v) is 8.38. The number of carbonyl (C=O) groups excluding carboxylic acids is 1. The van der Waals surface area contributed by atoms with E-state index in [-0.39, 0.29) is 28.9 Å². The summed E-state index contributed by atoms with van der Waals surface area (Å²) in [4.78, 5) is 11.6. The first kappa shape index (κ1) is 23.0. The molecule has 2 aromatic rings. The molecule has 168 valence electrons. The number of benzene rings is 2. The number of aryl methyl sites for hydroxylation is 1. The Balaban J connectivity index is 1.70. The van der Waals surface area contributed by atoms with E-state index in [1.165, 1.54) is 16.4 Å². The largest absolute Gasteiger partial charge is 0.506 e. The minimum Gasteiger partial charge on any atom is -0.506 e. The number of phenolic OH excluding ortho intramolecular Hbond substituents is 1. The molecule has 0 aromatic heterocycles. The van der Waals surface area contributed by atoms with Crippen LogP contribution in [0.4, 0.5) is 5.69 Å². The van der Waals surface area contributed by atoms with E-state index in [1.807, 2.05) is 18.6 Å². The molecule has 0 radical (unpaired) electrons. The zero-order valence-electron chi connectivity index (χ0n) is 17.2. The molecule has 0 unspecified atom stereocenters. The molecule has 0 aliphatic carbocycles. The van der Waals surface area contributed by atoms with Gasteiger partial charge in [0.05, 0.1) is 10.6 Å². The lowest BCUT2D eigenvalue weighted by Gasteiger charge is -2.26. The second kappa shape index (κ2) is 8.85. The number of anilines is 1. The van der Waals surface area contributed by atoms with Crippen LogP contribution in [0.25, 0.3) is 0 Å². The fraction of sp³-hybridized carbons (Fsp3) is 0.350. The van der Waals surface area contributed by atoms with E-state index in [0.29, 0.717) is 12.8 Å². The predicted molar refractivity (Wildman–Crippen MR) is 116 cm³/mol. The van der Waals surface area contributed by atoms with Crippen LogP contribution in [-0.4, -0.2) is 51.3 Å². The highest BCUT2D eigenvalue weighted by molar-refractivity contribution is 7.92. The number of hydrogen-bond acceptors (Lipinski definition) is 6. The van der Waals surface area contributed by atoms with Crippen LogP contribution in [0.1, 0.15) is 25.8 Å². The van der Waals surface area contributed by atoms with Gasteiger partial charge in [-0.2, -0.15) is 12.7 Å². The molecule has 1 amide bonds. The van der Waals surface area contributed by atoms with Crippen LogP contribution in [0.2, 0.25) is 0 Å². The van der Waals surface area contributed by atoms with Crippen molar-refractivity contribution in [3.8, 4) is 5.75 Å². The molecule has 2 N–H and O–H groups in total. The lowest BCUT2D eigenvalue weighted by Crippen LogP contribution is -2.37. The number of carbonyl (C=O) groups is 1. The van der Waals surface area contributed by atoms with Gasteiger partial charge in [-0.25, -0.2) is 17.4 Å². The molecule has 0 atom stereocenters. The van der Waals surface area contributed by atoms with Gasteiger partial charge in [0.1, 0.15) is 12.3 Å². The maximum atomic E-state index is 12.9. The van der Waals surface area contributed by atoms with Crippen molar-refractivity contribution in [1.82, 2.24) is 9.03 Å². The quantitative estimate of drug-likeness (QED) is 0.608. The molecule has 11 heteroatoms. The van der Waals surface area contributed by atoms with E-state index < -0.39 is 32.7 Å². The number of nitrogens with zero attached hydrogens (tertiary/aromatic N) is 2. The second-order valence-electron chi connectivity index (χ2n) is 7.49. The molecule has 1 fully saturated rings. The number of phenols is 1. The molecular weight excluding hydrogens is 442 g/mol. The van der Waals surface area contributed by atoms with Crippen molar-refractivity contribution in [1.29, 1.82) is 0 Å². The molecular formula is C20H25N3O6S2. The molecule has 0 spiro atoms. The van der Waals surface area contributed by atoms with E-state index in [0.717, 1.165) is 9.87 Å². The van der Waals surface area contributed by atoms with Crippen LogP contribution in [0, 0.1) is 0 Å². The van der Waals surface area contributed by atoms with Gasteiger partial charge in [-0.15, -0.1) is 0 Å². The number of sulfonamides is 1. The Hall–Kier alpha value is -2.63. The van der Waals surface area contributed by atoms with Crippen LogP contribution >= 0.6 is 0 Å². The van der Waals surface area contributed by atoms with Crippen LogP contribution in [0.15, 0.2) is 53.4 Å². The molecule has 0 saturated carbocycles. The van der Waals surface area contributed by atoms with E-state index in [4.69, 9.17) is 0 Å². The average Bonchev–Trinajstić information content (AvgIpc) is 2.97. The summed E-state index contributed by atoms with van der Waals surface area (Å²) in [6.07, 6.45) is 0.983. The van der Waals surface area contributed by atoms with Gasteiger partial charge in [0.15, 0.2) is 0 Å². The highest BCUT2D eigenvalue weighted by atomic mass is 32.2. The van der Waals surface area contributed by atoms with E-state index >= 15 is 0 Å². The first-order valence-corrected chi connectivity index (χ1v) is 12.6. The smallest absolute Gasteiger partial charge is 0.326 e. The van der Waals surface area contributed by atoms with Gasteiger partial charge in [-0.3, -0.25) is 4.79 Å². The molecule has 1 aliphatic rings. The lowest BCUT2D eigenvalue weighted by atomic mass is 10.1. The topological polar surface area (TPSA) is 124 Å². The van der Waals surface area contributed by atoms with Gasteiger partial charge >= 0.3 is 10.2 Å². The van der Waals surface area contributed by atoms with Crippen molar-refractivity contribution >= 4 is 31.8 Å². The summed E-state index contributed by atoms with van der Waals surface area (Å²) in [5, 5.41) is 10.3. The number of rotatable bonds is 8. The summed E-state index contributed by atoms with van der Waals surface area (Å²) in [6.45, 7) is 3.52. The number of nitrogens with one attached hydrogen (secondary N) is 1. The summed E-state index contributed by atoms with van der Waals surface area (Å²) in [7, 11) is -7.63.